The summed E-state index contributed by atoms with van der Waals surface area (Å²) < 4.78 is 23.2. The predicted molar refractivity (Wildman–Crippen MR) is 68.5 cm³/mol. The van der Waals surface area contributed by atoms with Crippen molar-refractivity contribution in [2.45, 2.75) is 51.3 Å². The van der Waals surface area contributed by atoms with Crippen molar-refractivity contribution in [3.8, 4) is 0 Å². The molecule has 1 aliphatic rings. The van der Waals surface area contributed by atoms with Crippen LogP contribution >= 0.6 is 0 Å². The van der Waals surface area contributed by atoms with E-state index in [2.05, 4.69) is 0 Å². The molecular weight excluding hydrogens is 238 g/mol. The highest BCUT2D eigenvalue weighted by Crippen LogP contribution is 2.24. The van der Waals surface area contributed by atoms with Crippen LogP contribution in [0.2, 0.25) is 0 Å². The van der Waals surface area contributed by atoms with Crippen molar-refractivity contribution in [3.05, 3.63) is 0 Å². The molecular formula is C12H23NO3S. The largest absolute Gasteiger partial charge is 0.338 e. The number of amides is 1. The summed E-state index contributed by atoms with van der Waals surface area (Å²) in [4.78, 5) is 13.9. The van der Waals surface area contributed by atoms with Gasteiger partial charge in [0, 0.05) is 24.8 Å². The summed E-state index contributed by atoms with van der Waals surface area (Å²) in [5.74, 6) is 0.142. The summed E-state index contributed by atoms with van der Waals surface area (Å²) in [6.07, 6.45) is 3.82. The van der Waals surface area contributed by atoms with E-state index >= 15 is 0 Å². The first kappa shape index (κ1) is 14.5. The fraction of sp³-hybridized carbons (Fsp3) is 0.917. The van der Waals surface area contributed by atoms with Gasteiger partial charge >= 0.3 is 0 Å². The van der Waals surface area contributed by atoms with Crippen LogP contribution < -0.4 is 0 Å². The van der Waals surface area contributed by atoms with E-state index in [9.17, 15) is 13.2 Å². The fourth-order valence-corrected chi connectivity index (χ4v) is 3.41. The van der Waals surface area contributed by atoms with E-state index < -0.39 is 15.1 Å². The minimum Gasteiger partial charge on any atom is -0.338 e. The van der Waals surface area contributed by atoms with Crippen molar-refractivity contribution in [1.82, 2.24) is 4.90 Å². The zero-order valence-corrected chi connectivity index (χ0v) is 12.0. The molecule has 0 N–H and O–H groups in total. The monoisotopic (exact) mass is 261 g/mol. The highest BCUT2D eigenvalue weighted by molar-refractivity contribution is 7.91. The Morgan fingerprint density at radius 1 is 1.47 bits per heavy atom. The van der Waals surface area contributed by atoms with Gasteiger partial charge in [-0.25, -0.2) is 8.42 Å². The molecule has 0 saturated carbocycles. The lowest BCUT2D eigenvalue weighted by atomic mass is 9.96. The minimum atomic E-state index is -3.10. The molecule has 3 atom stereocenters. The zero-order valence-electron chi connectivity index (χ0n) is 11.1. The first-order valence-corrected chi connectivity index (χ1v) is 8.23. The Bertz CT molecular complexity index is 377. The van der Waals surface area contributed by atoms with Gasteiger partial charge in [-0.2, -0.15) is 0 Å². The Kier molecular flexibility index (Phi) is 4.58. The molecule has 1 heterocycles. The lowest BCUT2D eigenvalue weighted by Crippen LogP contribution is -2.52. The number of hydrogen-bond acceptors (Lipinski definition) is 3. The van der Waals surface area contributed by atoms with Crippen molar-refractivity contribution in [3.63, 3.8) is 0 Å². The van der Waals surface area contributed by atoms with Gasteiger partial charge in [-0.1, -0.05) is 13.8 Å². The van der Waals surface area contributed by atoms with Crippen LogP contribution in [0.15, 0.2) is 0 Å². The molecule has 1 aliphatic heterocycles. The molecule has 1 fully saturated rings. The second-order valence-corrected chi connectivity index (χ2v) is 7.49. The fourth-order valence-electron chi connectivity index (χ4n) is 2.50. The summed E-state index contributed by atoms with van der Waals surface area (Å²) in [7, 11) is -3.10. The van der Waals surface area contributed by atoms with Gasteiger partial charge < -0.3 is 4.90 Å². The average Bonchev–Trinajstić information content (AvgIpc) is 2.23. The molecule has 0 radical (unpaired) electrons. The Morgan fingerprint density at radius 3 is 2.53 bits per heavy atom. The van der Waals surface area contributed by atoms with Crippen LogP contribution in [0.1, 0.15) is 40.0 Å². The molecule has 1 saturated heterocycles. The predicted octanol–water partition coefficient (Wildman–Crippen LogP) is 1.46. The van der Waals surface area contributed by atoms with Gasteiger partial charge in [0.1, 0.15) is 0 Å². The minimum absolute atomic E-state index is 0.0320. The maximum Gasteiger partial charge on any atom is 0.225 e. The first-order chi connectivity index (χ1) is 7.79. The van der Waals surface area contributed by atoms with E-state index in [-0.39, 0.29) is 17.9 Å². The second-order valence-electron chi connectivity index (χ2n) is 5.09. The molecule has 17 heavy (non-hydrogen) atoms. The third-order valence-electron chi connectivity index (χ3n) is 3.78. The van der Waals surface area contributed by atoms with Crippen LogP contribution in [-0.4, -0.2) is 43.3 Å². The SMILES string of the molecule is CC[C@@H]([C@@H](C)S(C)(=O)=O)N1CCCC(C)C1=O. The van der Waals surface area contributed by atoms with Crippen molar-refractivity contribution in [2.24, 2.45) is 5.92 Å². The van der Waals surface area contributed by atoms with Gasteiger partial charge in [0.25, 0.3) is 0 Å². The highest BCUT2D eigenvalue weighted by atomic mass is 32.2. The van der Waals surface area contributed by atoms with Gasteiger partial charge in [-0.05, 0) is 26.2 Å². The van der Waals surface area contributed by atoms with E-state index in [0.29, 0.717) is 13.0 Å². The number of carbonyl (C=O) groups excluding carboxylic acids is 1. The lowest BCUT2D eigenvalue weighted by molar-refractivity contribution is -0.140. The smallest absolute Gasteiger partial charge is 0.225 e. The molecule has 1 unspecified atom stereocenters. The van der Waals surface area contributed by atoms with Crippen LogP contribution in [0.5, 0.6) is 0 Å². The van der Waals surface area contributed by atoms with Crippen LogP contribution in [0.4, 0.5) is 0 Å². The summed E-state index contributed by atoms with van der Waals surface area (Å²) in [6.45, 7) is 6.27. The number of likely N-dealkylation sites (tertiary alicyclic amines) is 1. The Labute approximate surface area is 104 Å². The van der Waals surface area contributed by atoms with Crippen molar-refractivity contribution in [2.75, 3.05) is 12.8 Å². The van der Waals surface area contributed by atoms with Gasteiger partial charge in [0.05, 0.1) is 5.25 Å². The molecule has 5 heteroatoms. The van der Waals surface area contributed by atoms with Crippen LogP contribution in [0, 0.1) is 5.92 Å². The number of rotatable bonds is 4. The van der Waals surface area contributed by atoms with Crippen LogP contribution in [0.25, 0.3) is 0 Å². The van der Waals surface area contributed by atoms with E-state index in [1.54, 1.807) is 11.8 Å². The number of nitrogens with zero attached hydrogens (tertiary/aromatic N) is 1. The van der Waals surface area contributed by atoms with Crippen LogP contribution in [0.3, 0.4) is 0 Å². The van der Waals surface area contributed by atoms with Crippen LogP contribution in [-0.2, 0) is 14.6 Å². The molecule has 0 aromatic rings. The zero-order chi connectivity index (χ0) is 13.2. The molecule has 1 amide bonds. The van der Waals surface area contributed by atoms with E-state index in [1.807, 2.05) is 13.8 Å². The van der Waals surface area contributed by atoms with Gasteiger partial charge in [0.2, 0.25) is 5.91 Å². The first-order valence-electron chi connectivity index (χ1n) is 6.28. The van der Waals surface area contributed by atoms with Crippen molar-refractivity contribution >= 4 is 15.7 Å². The lowest BCUT2D eigenvalue weighted by Gasteiger charge is -2.39. The summed E-state index contributed by atoms with van der Waals surface area (Å²) in [5, 5.41) is -0.484. The molecule has 0 bridgehead atoms. The third kappa shape index (κ3) is 3.21. The molecule has 100 valence electrons. The summed E-state index contributed by atoms with van der Waals surface area (Å²) in [6, 6.07) is -0.180. The van der Waals surface area contributed by atoms with E-state index in [0.717, 1.165) is 12.8 Å². The maximum absolute atomic E-state index is 12.1. The number of piperidine rings is 1. The average molecular weight is 261 g/mol. The van der Waals surface area contributed by atoms with Gasteiger partial charge in [0.15, 0.2) is 9.84 Å². The second kappa shape index (κ2) is 5.38. The quantitative estimate of drug-likeness (QED) is 0.770. The summed E-state index contributed by atoms with van der Waals surface area (Å²) in [5.41, 5.74) is 0. The Hall–Kier alpha value is -0.580. The Balaban J connectivity index is 2.90. The highest BCUT2D eigenvalue weighted by Gasteiger charge is 2.35. The molecule has 0 aromatic heterocycles. The topological polar surface area (TPSA) is 54.5 Å². The van der Waals surface area contributed by atoms with Gasteiger partial charge in [-0.15, -0.1) is 0 Å². The molecule has 0 spiro atoms. The Morgan fingerprint density at radius 2 is 2.06 bits per heavy atom. The van der Waals surface area contributed by atoms with Gasteiger partial charge in [-0.3, -0.25) is 4.79 Å². The molecule has 0 aliphatic carbocycles. The van der Waals surface area contributed by atoms with Crippen molar-refractivity contribution < 1.29 is 13.2 Å². The molecule has 0 aromatic carbocycles. The van der Waals surface area contributed by atoms with E-state index in [1.165, 1.54) is 6.26 Å². The third-order valence-corrected chi connectivity index (χ3v) is 5.44. The molecule has 1 rings (SSSR count). The number of sulfone groups is 1. The normalized spacial score (nSPS) is 25.8. The van der Waals surface area contributed by atoms with E-state index in [4.69, 9.17) is 0 Å². The standard InChI is InChI=1S/C12H23NO3S/c1-5-11(10(3)17(4,15)16)13-8-6-7-9(2)12(13)14/h9-11H,5-8H2,1-4H3/t9?,10-,11+/m1/s1. The summed E-state index contributed by atoms with van der Waals surface area (Å²) >= 11 is 0. The molecule has 4 nitrogen and oxygen atoms in total. The maximum atomic E-state index is 12.1. The number of carbonyl (C=O) groups is 1. The van der Waals surface area contributed by atoms with Crippen molar-refractivity contribution in [1.29, 1.82) is 0 Å². The number of hydrogen-bond donors (Lipinski definition) is 0.